The Morgan fingerprint density at radius 3 is 2.92 bits per heavy atom. The maximum atomic E-state index is 11.2. The smallest absolute Gasteiger partial charge is 0.250 e. The molecule has 12 heavy (non-hydrogen) atoms. The van der Waals surface area contributed by atoms with Crippen molar-refractivity contribution in [2.24, 2.45) is 4.99 Å². The maximum absolute atomic E-state index is 11.2. The molecule has 0 saturated carbocycles. The van der Waals surface area contributed by atoms with E-state index in [9.17, 15) is 9.59 Å². The topological polar surface area (TPSA) is 46.5 Å². The van der Waals surface area contributed by atoms with Crippen LogP contribution < -0.4 is 0 Å². The van der Waals surface area contributed by atoms with Gasteiger partial charge in [-0.3, -0.25) is 9.59 Å². The molecular weight excluding hydrogens is 154 g/mol. The van der Waals surface area contributed by atoms with Crippen LogP contribution in [0.1, 0.15) is 12.8 Å². The van der Waals surface area contributed by atoms with E-state index >= 15 is 0 Å². The maximum Gasteiger partial charge on any atom is 0.250 e. The van der Waals surface area contributed by atoms with Crippen molar-refractivity contribution in [2.45, 2.75) is 12.8 Å². The molecule has 2 aliphatic rings. The number of carbonyl (C=O) groups excluding carboxylic acids is 2. The Morgan fingerprint density at radius 2 is 2.08 bits per heavy atom. The lowest BCUT2D eigenvalue weighted by molar-refractivity contribution is -0.117. The zero-order chi connectivity index (χ0) is 8.55. The molecule has 0 N–H and O–H groups in total. The normalized spacial score (nSPS) is 21.7. The Balaban J connectivity index is 2.47. The molecule has 0 saturated heterocycles. The van der Waals surface area contributed by atoms with Crippen LogP contribution in [-0.4, -0.2) is 17.4 Å². The van der Waals surface area contributed by atoms with Gasteiger partial charge in [0.15, 0.2) is 5.78 Å². The van der Waals surface area contributed by atoms with Crippen LogP contribution in [-0.2, 0) is 9.59 Å². The first kappa shape index (κ1) is 7.16. The number of nitrogens with zero attached hydrogens (tertiary/aromatic N) is 1. The molecule has 1 heterocycles. The summed E-state index contributed by atoms with van der Waals surface area (Å²) in [5.41, 5.74) is 1.14. The number of allylic oxidation sites excluding steroid dienone is 3. The molecule has 60 valence electrons. The second kappa shape index (κ2) is 2.52. The molecule has 0 aromatic heterocycles. The zero-order valence-electron chi connectivity index (χ0n) is 6.41. The first-order valence-corrected chi connectivity index (χ1v) is 3.79. The Kier molecular flexibility index (Phi) is 1.50. The fourth-order valence-electron chi connectivity index (χ4n) is 1.31. The van der Waals surface area contributed by atoms with Gasteiger partial charge in [0.2, 0.25) is 5.91 Å². The van der Waals surface area contributed by atoms with Crippen molar-refractivity contribution < 1.29 is 9.59 Å². The van der Waals surface area contributed by atoms with Crippen molar-refractivity contribution >= 4 is 17.4 Å². The highest BCUT2D eigenvalue weighted by atomic mass is 16.1. The molecule has 1 amide bonds. The molecule has 0 aromatic carbocycles. The van der Waals surface area contributed by atoms with Crippen molar-refractivity contribution in [3.8, 4) is 0 Å². The summed E-state index contributed by atoms with van der Waals surface area (Å²) in [4.78, 5) is 25.8. The minimum absolute atomic E-state index is 0.0590. The summed E-state index contributed by atoms with van der Waals surface area (Å²) in [7, 11) is 0. The van der Waals surface area contributed by atoms with Gasteiger partial charge in [0, 0.05) is 18.4 Å². The van der Waals surface area contributed by atoms with Crippen molar-refractivity contribution in [1.82, 2.24) is 0 Å². The molecule has 2 rings (SSSR count). The minimum atomic E-state index is -0.173. The molecule has 0 atom stereocenters. The number of hydrogen-bond acceptors (Lipinski definition) is 2. The highest BCUT2D eigenvalue weighted by molar-refractivity contribution is 6.31. The summed E-state index contributed by atoms with van der Waals surface area (Å²) in [5, 5.41) is 0. The summed E-state index contributed by atoms with van der Waals surface area (Å²) < 4.78 is 0. The molecule has 0 bridgehead atoms. The lowest BCUT2D eigenvalue weighted by atomic mass is 9.95. The van der Waals surface area contributed by atoms with Gasteiger partial charge >= 0.3 is 0 Å². The van der Waals surface area contributed by atoms with E-state index in [2.05, 4.69) is 4.99 Å². The second-order valence-corrected chi connectivity index (χ2v) is 2.74. The second-order valence-electron chi connectivity index (χ2n) is 2.74. The third-order valence-electron chi connectivity index (χ3n) is 1.88. The number of rotatable bonds is 0. The molecule has 1 aliphatic carbocycles. The van der Waals surface area contributed by atoms with Gasteiger partial charge in [0.05, 0.1) is 5.71 Å². The number of dihydropyridines is 1. The molecule has 0 aromatic rings. The predicted octanol–water partition coefficient (Wildman–Crippen LogP) is 0.813. The van der Waals surface area contributed by atoms with E-state index in [1.54, 1.807) is 18.2 Å². The molecule has 0 spiro atoms. The first-order chi connectivity index (χ1) is 5.77. The minimum Gasteiger partial charge on any atom is -0.294 e. The third-order valence-corrected chi connectivity index (χ3v) is 1.88. The van der Waals surface area contributed by atoms with Crippen LogP contribution in [0.15, 0.2) is 28.8 Å². The molecular formula is C9H7NO2. The van der Waals surface area contributed by atoms with Crippen molar-refractivity contribution in [1.29, 1.82) is 0 Å². The molecule has 0 unspecified atom stereocenters. The van der Waals surface area contributed by atoms with Gasteiger partial charge in [0.25, 0.3) is 0 Å². The summed E-state index contributed by atoms with van der Waals surface area (Å²) in [6.07, 6.45) is 5.81. The Labute approximate surface area is 69.5 Å². The first-order valence-electron chi connectivity index (χ1n) is 3.79. The molecule has 0 fully saturated rings. The van der Waals surface area contributed by atoms with Crippen LogP contribution in [0, 0.1) is 0 Å². The number of carbonyl (C=O) groups is 2. The van der Waals surface area contributed by atoms with Crippen LogP contribution in [0.3, 0.4) is 0 Å². The number of amides is 1. The fraction of sp³-hybridized carbons (Fsp3) is 0.222. The molecule has 3 nitrogen and oxygen atoms in total. The molecule has 3 heteroatoms. The van der Waals surface area contributed by atoms with Gasteiger partial charge in [0.1, 0.15) is 0 Å². The molecule has 1 aliphatic heterocycles. The van der Waals surface area contributed by atoms with Crippen LogP contribution in [0.25, 0.3) is 0 Å². The number of aliphatic imine (C=N–C) groups is 1. The van der Waals surface area contributed by atoms with E-state index in [4.69, 9.17) is 0 Å². The lowest BCUT2D eigenvalue weighted by Crippen LogP contribution is -2.19. The van der Waals surface area contributed by atoms with Crippen LogP contribution in [0.4, 0.5) is 0 Å². The van der Waals surface area contributed by atoms with E-state index in [1.807, 2.05) is 0 Å². The predicted molar refractivity (Wildman–Crippen MR) is 43.9 cm³/mol. The largest absolute Gasteiger partial charge is 0.294 e. The number of Topliss-reactive ketones (excluding diaryl/α,β-unsaturated/α-hetero) is 1. The number of ketones is 1. The highest BCUT2D eigenvalue weighted by Gasteiger charge is 2.21. The Hall–Kier alpha value is -1.51. The van der Waals surface area contributed by atoms with Gasteiger partial charge in [-0.15, -0.1) is 0 Å². The van der Waals surface area contributed by atoms with E-state index in [1.165, 1.54) is 0 Å². The average molecular weight is 161 g/mol. The summed E-state index contributed by atoms with van der Waals surface area (Å²) in [6, 6.07) is 0. The van der Waals surface area contributed by atoms with E-state index in [0.717, 1.165) is 0 Å². The third kappa shape index (κ3) is 1.03. The summed E-state index contributed by atoms with van der Waals surface area (Å²) in [6.45, 7) is 0. The zero-order valence-corrected chi connectivity index (χ0v) is 6.41. The van der Waals surface area contributed by atoms with E-state index in [-0.39, 0.29) is 18.1 Å². The monoisotopic (exact) mass is 161 g/mol. The van der Waals surface area contributed by atoms with Gasteiger partial charge in [-0.2, -0.15) is 0 Å². The quantitative estimate of drug-likeness (QED) is 0.527. The average Bonchev–Trinajstić information content (AvgIpc) is 2.04. The van der Waals surface area contributed by atoms with Crippen LogP contribution in [0.2, 0.25) is 0 Å². The number of hydrogen-bond donors (Lipinski definition) is 0. The van der Waals surface area contributed by atoms with Crippen molar-refractivity contribution in [2.75, 3.05) is 0 Å². The van der Waals surface area contributed by atoms with Crippen molar-refractivity contribution in [3.63, 3.8) is 0 Å². The van der Waals surface area contributed by atoms with Gasteiger partial charge in [-0.25, -0.2) is 4.99 Å². The van der Waals surface area contributed by atoms with Crippen LogP contribution in [0.5, 0.6) is 0 Å². The standard InChI is InChI=1S/C9H7NO2/c11-8-3-1-2-7-6(8)4-5-9(12)10-7/h1-2,4H,3,5H2. The summed E-state index contributed by atoms with van der Waals surface area (Å²) in [5.74, 6) is -0.114. The fourth-order valence-corrected chi connectivity index (χ4v) is 1.31. The van der Waals surface area contributed by atoms with Crippen LogP contribution >= 0.6 is 0 Å². The van der Waals surface area contributed by atoms with E-state index < -0.39 is 0 Å². The lowest BCUT2D eigenvalue weighted by Gasteiger charge is -2.12. The number of fused-ring (bicyclic) bond motifs is 1. The van der Waals surface area contributed by atoms with Gasteiger partial charge in [-0.05, 0) is 6.08 Å². The van der Waals surface area contributed by atoms with Gasteiger partial charge < -0.3 is 0 Å². The van der Waals surface area contributed by atoms with Gasteiger partial charge in [-0.1, -0.05) is 12.2 Å². The summed E-state index contributed by atoms with van der Waals surface area (Å²) >= 11 is 0. The van der Waals surface area contributed by atoms with E-state index in [0.29, 0.717) is 17.7 Å². The Bertz CT molecular complexity index is 348. The van der Waals surface area contributed by atoms with Crippen molar-refractivity contribution in [3.05, 3.63) is 23.8 Å². The highest BCUT2D eigenvalue weighted by Crippen LogP contribution is 2.16. The molecule has 0 radical (unpaired) electrons. The SMILES string of the molecule is O=C1CC=C2C(=O)CC=CC2=N1. The Morgan fingerprint density at radius 1 is 1.25 bits per heavy atom.